The summed E-state index contributed by atoms with van der Waals surface area (Å²) in [7, 11) is 0. The van der Waals surface area contributed by atoms with E-state index >= 15 is 0 Å². The number of aromatic nitrogens is 3. The number of halogens is 2. The first-order chi connectivity index (χ1) is 16.9. The summed E-state index contributed by atoms with van der Waals surface area (Å²) in [6.07, 6.45) is 13.8. The number of fused-ring (bicyclic) bond motifs is 1. The van der Waals surface area contributed by atoms with Crippen molar-refractivity contribution in [1.82, 2.24) is 20.1 Å². The molecule has 2 aromatic heterocycles. The molecule has 2 atom stereocenters. The smallest absolute Gasteiger partial charge is 0.257 e. The Hall–Kier alpha value is -2.68. The quantitative estimate of drug-likeness (QED) is 0.493. The zero-order valence-corrected chi connectivity index (χ0v) is 20.9. The van der Waals surface area contributed by atoms with Gasteiger partial charge in [0.05, 0.1) is 23.5 Å². The van der Waals surface area contributed by atoms with Crippen molar-refractivity contribution in [3.05, 3.63) is 53.5 Å². The minimum Gasteiger partial charge on any atom is -0.458 e. The molecule has 1 aliphatic heterocycles. The molecule has 9 heteroatoms. The van der Waals surface area contributed by atoms with Gasteiger partial charge in [0.2, 0.25) is 0 Å². The van der Waals surface area contributed by atoms with Crippen molar-refractivity contribution < 1.29 is 13.5 Å². The third-order valence-corrected chi connectivity index (χ3v) is 8.18. The fourth-order valence-corrected chi connectivity index (χ4v) is 6.15. The Morgan fingerprint density at radius 3 is 2.94 bits per heavy atom. The normalized spacial score (nSPS) is 24.7. The highest BCUT2D eigenvalue weighted by Gasteiger charge is 2.39. The summed E-state index contributed by atoms with van der Waals surface area (Å²) in [4.78, 5) is 10.6. The minimum absolute atomic E-state index is 0.161. The van der Waals surface area contributed by atoms with Gasteiger partial charge in [0.1, 0.15) is 18.1 Å². The summed E-state index contributed by atoms with van der Waals surface area (Å²) in [5.74, 6) is 2.10. The van der Waals surface area contributed by atoms with E-state index in [0.717, 1.165) is 17.3 Å². The lowest BCUT2D eigenvalue weighted by Crippen LogP contribution is -2.40. The standard InChI is InChI=1S/C26H31F2N5OS/c1-17(18-6-4-3-5-7-18)31-25-32-26(2)10-8-20(13-23(26)35-25)34-21-9-11-29-22(12-21)19-14-30-33(15-19)16-24(27)28/h8-9,11-15,17-18,24H,3-7,10,16H2,1-2H3,(H,31,32)/t17-,26?/m0/s1. The third kappa shape index (κ3) is 5.60. The van der Waals surface area contributed by atoms with Gasteiger partial charge in [0.25, 0.3) is 6.43 Å². The van der Waals surface area contributed by atoms with Crippen LogP contribution in [-0.4, -0.2) is 37.9 Å². The fraction of sp³-hybridized carbons (Fsp3) is 0.500. The molecular weight excluding hydrogens is 468 g/mol. The Kier molecular flexibility index (Phi) is 6.95. The van der Waals surface area contributed by atoms with Gasteiger partial charge in [-0.25, -0.2) is 8.78 Å². The summed E-state index contributed by atoms with van der Waals surface area (Å²) in [5, 5.41) is 8.63. The van der Waals surface area contributed by atoms with Crippen LogP contribution in [0.2, 0.25) is 0 Å². The number of nitrogens with zero attached hydrogens (tertiary/aromatic N) is 4. The molecule has 0 radical (unpaired) electrons. The van der Waals surface area contributed by atoms with Crippen molar-refractivity contribution in [2.75, 3.05) is 0 Å². The second kappa shape index (κ2) is 10.1. The predicted octanol–water partition coefficient (Wildman–Crippen LogP) is 6.18. The lowest BCUT2D eigenvalue weighted by Gasteiger charge is -2.28. The molecule has 35 heavy (non-hydrogen) atoms. The number of aliphatic imine (C=N–C) groups is 1. The molecule has 1 saturated carbocycles. The molecule has 1 unspecified atom stereocenters. The number of nitrogens with one attached hydrogen (secondary N) is 1. The van der Waals surface area contributed by atoms with Crippen LogP contribution in [0.15, 0.2) is 58.5 Å². The highest BCUT2D eigenvalue weighted by Crippen LogP contribution is 2.42. The summed E-state index contributed by atoms with van der Waals surface area (Å²) >= 11 is 1.70. The lowest BCUT2D eigenvalue weighted by atomic mass is 9.85. The van der Waals surface area contributed by atoms with Gasteiger partial charge in [0, 0.05) is 28.9 Å². The zero-order chi connectivity index (χ0) is 24.4. The number of rotatable bonds is 7. The van der Waals surface area contributed by atoms with Gasteiger partial charge in [-0.1, -0.05) is 31.0 Å². The highest BCUT2D eigenvalue weighted by atomic mass is 32.2. The van der Waals surface area contributed by atoms with E-state index in [1.165, 1.54) is 47.9 Å². The Morgan fingerprint density at radius 1 is 1.31 bits per heavy atom. The van der Waals surface area contributed by atoms with Crippen LogP contribution in [0.5, 0.6) is 5.75 Å². The van der Waals surface area contributed by atoms with Crippen molar-refractivity contribution in [3.8, 4) is 17.0 Å². The van der Waals surface area contributed by atoms with Crippen molar-refractivity contribution >= 4 is 16.9 Å². The molecule has 0 amide bonds. The van der Waals surface area contributed by atoms with Crippen LogP contribution in [-0.2, 0) is 6.54 Å². The van der Waals surface area contributed by atoms with E-state index in [-0.39, 0.29) is 5.54 Å². The zero-order valence-electron chi connectivity index (χ0n) is 20.1. The highest BCUT2D eigenvalue weighted by molar-refractivity contribution is 8.17. The average Bonchev–Trinajstić information content (AvgIpc) is 3.43. The maximum Gasteiger partial charge on any atom is 0.257 e. The Bertz CT molecular complexity index is 1150. The van der Waals surface area contributed by atoms with Gasteiger partial charge in [-0.3, -0.25) is 14.7 Å². The molecule has 0 aromatic carbocycles. The number of hydrogen-bond donors (Lipinski definition) is 1. The van der Waals surface area contributed by atoms with E-state index in [1.807, 2.05) is 0 Å². The van der Waals surface area contributed by atoms with Crippen LogP contribution in [0.25, 0.3) is 11.3 Å². The molecule has 1 saturated heterocycles. The number of ether oxygens (including phenoxy) is 1. The van der Waals surface area contributed by atoms with Crippen molar-refractivity contribution in [2.24, 2.45) is 10.9 Å². The number of pyridine rings is 1. The average molecular weight is 500 g/mol. The van der Waals surface area contributed by atoms with Gasteiger partial charge in [-0.2, -0.15) is 5.10 Å². The van der Waals surface area contributed by atoms with E-state index in [0.29, 0.717) is 29.0 Å². The first kappa shape index (κ1) is 24.0. The largest absolute Gasteiger partial charge is 0.458 e. The second-order valence-corrected chi connectivity index (χ2v) is 10.8. The van der Waals surface area contributed by atoms with Crippen molar-refractivity contribution in [3.63, 3.8) is 0 Å². The van der Waals surface area contributed by atoms with E-state index < -0.39 is 13.0 Å². The van der Waals surface area contributed by atoms with Gasteiger partial charge >= 0.3 is 0 Å². The molecule has 186 valence electrons. The molecule has 3 heterocycles. The van der Waals surface area contributed by atoms with E-state index in [1.54, 1.807) is 36.3 Å². The first-order valence-electron chi connectivity index (χ1n) is 12.3. The van der Waals surface area contributed by atoms with Crippen molar-refractivity contribution in [1.29, 1.82) is 0 Å². The summed E-state index contributed by atoms with van der Waals surface area (Å²) in [6, 6.07) is 3.92. The molecule has 1 N–H and O–H groups in total. The first-order valence-corrected chi connectivity index (χ1v) is 13.1. The molecule has 0 bridgehead atoms. The number of thioether (sulfide) groups is 1. The Labute approximate surface area is 209 Å². The molecule has 2 aliphatic carbocycles. The van der Waals surface area contributed by atoms with Crippen LogP contribution in [0.3, 0.4) is 0 Å². The topological polar surface area (TPSA) is 64.3 Å². The fourth-order valence-electron chi connectivity index (χ4n) is 4.92. The van der Waals surface area contributed by atoms with Crippen LogP contribution in [0.1, 0.15) is 52.4 Å². The minimum atomic E-state index is -2.45. The van der Waals surface area contributed by atoms with Gasteiger partial charge in [-0.05, 0) is 57.2 Å². The summed E-state index contributed by atoms with van der Waals surface area (Å²) < 4.78 is 32.6. The summed E-state index contributed by atoms with van der Waals surface area (Å²) in [5.41, 5.74) is 1.13. The monoisotopic (exact) mass is 499 g/mol. The number of allylic oxidation sites excluding steroid dienone is 1. The number of alkyl halides is 2. The van der Waals surface area contributed by atoms with Crippen LogP contribution < -0.4 is 10.1 Å². The third-order valence-electron chi connectivity index (χ3n) is 6.99. The summed E-state index contributed by atoms with van der Waals surface area (Å²) in [6.45, 7) is 4.01. The van der Waals surface area contributed by atoms with Gasteiger partial charge in [0.15, 0.2) is 5.17 Å². The second-order valence-electron chi connectivity index (χ2n) is 9.77. The number of hydrogen-bond acceptors (Lipinski definition) is 5. The van der Waals surface area contributed by atoms with E-state index in [4.69, 9.17) is 9.73 Å². The Morgan fingerprint density at radius 2 is 2.14 bits per heavy atom. The Balaban J connectivity index is 1.26. The molecule has 2 fully saturated rings. The maximum absolute atomic E-state index is 12.6. The van der Waals surface area contributed by atoms with E-state index in [9.17, 15) is 8.78 Å². The van der Waals surface area contributed by atoms with Gasteiger partial charge in [-0.15, -0.1) is 0 Å². The predicted molar refractivity (Wildman–Crippen MR) is 135 cm³/mol. The maximum atomic E-state index is 12.6. The van der Waals surface area contributed by atoms with Gasteiger partial charge < -0.3 is 10.1 Å². The molecule has 3 aliphatic rings. The molecule has 6 nitrogen and oxygen atoms in total. The molecule has 2 aromatic rings. The van der Waals surface area contributed by atoms with Crippen LogP contribution >= 0.6 is 11.8 Å². The van der Waals surface area contributed by atoms with E-state index in [2.05, 4.69) is 41.4 Å². The van der Waals surface area contributed by atoms with Crippen LogP contribution in [0.4, 0.5) is 8.78 Å². The molecular formula is C26H31F2N5OS. The van der Waals surface area contributed by atoms with Crippen LogP contribution in [0, 0.1) is 5.92 Å². The SMILES string of the molecule is C[C@H](N=C1NC2(C)CC=C(Oc3ccnc(-c4cnn(CC(F)F)c4)c3)C=C2S1)C1CCCCC1. The molecule has 0 spiro atoms. The van der Waals surface area contributed by atoms with Crippen molar-refractivity contribution in [2.45, 2.75) is 76.9 Å². The lowest BCUT2D eigenvalue weighted by molar-refractivity contribution is 0.122. The molecule has 5 rings (SSSR count). The number of amidine groups is 1.